The van der Waals surface area contributed by atoms with Crippen molar-refractivity contribution in [1.82, 2.24) is 0 Å². The molecule has 15 heavy (non-hydrogen) atoms. The molecule has 0 aliphatic rings. The Morgan fingerprint density at radius 1 is 1.60 bits per heavy atom. The number of benzene rings is 1. The van der Waals surface area contributed by atoms with Crippen LogP contribution in [-0.4, -0.2) is 11.1 Å². The number of nitrogens with zero attached hydrogens (tertiary/aromatic N) is 1. The van der Waals surface area contributed by atoms with E-state index in [0.29, 0.717) is 21.6 Å². The Morgan fingerprint density at radius 3 is 2.73 bits per heavy atom. The quantitative estimate of drug-likeness (QED) is 0.630. The van der Waals surface area contributed by atoms with Crippen LogP contribution in [-0.2, 0) is 17.1 Å². The Balaban J connectivity index is 3.31. The highest BCUT2D eigenvalue weighted by molar-refractivity contribution is 7.80. The number of carboxylic acids is 1. The van der Waals surface area contributed by atoms with Crippen molar-refractivity contribution in [2.24, 2.45) is 0 Å². The second kappa shape index (κ2) is 5.06. The van der Waals surface area contributed by atoms with Gasteiger partial charge in [-0.05, 0) is 23.3 Å². The third-order valence-corrected chi connectivity index (χ3v) is 2.47. The summed E-state index contributed by atoms with van der Waals surface area (Å²) in [6.45, 7) is 0. The van der Waals surface area contributed by atoms with Crippen LogP contribution >= 0.6 is 24.2 Å². The number of rotatable bonds is 3. The molecule has 0 aliphatic carbocycles. The summed E-state index contributed by atoms with van der Waals surface area (Å²) in [5.74, 6) is -0.809. The maximum absolute atomic E-state index is 10.6. The Labute approximate surface area is 97.7 Å². The van der Waals surface area contributed by atoms with Gasteiger partial charge in [0.15, 0.2) is 0 Å². The highest BCUT2D eigenvalue weighted by Gasteiger charge is 2.12. The van der Waals surface area contributed by atoms with Crippen molar-refractivity contribution in [2.75, 3.05) is 0 Å². The summed E-state index contributed by atoms with van der Waals surface area (Å²) in [5.41, 5.74) is 1.43. The normalized spacial score (nSPS) is 9.67. The third kappa shape index (κ3) is 2.88. The van der Waals surface area contributed by atoms with Crippen molar-refractivity contribution in [3.05, 3.63) is 28.8 Å². The van der Waals surface area contributed by atoms with Crippen molar-refractivity contribution >= 4 is 30.2 Å². The SMILES string of the molecule is N#Cc1cc(S)cc(CCl)c1CC(=O)O. The lowest BCUT2D eigenvalue weighted by atomic mass is 10.00. The van der Waals surface area contributed by atoms with Crippen LogP contribution in [0.4, 0.5) is 0 Å². The number of hydrogen-bond acceptors (Lipinski definition) is 3. The molecule has 0 spiro atoms. The van der Waals surface area contributed by atoms with Gasteiger partial charge in [0, 0.05) is 10.8 Å². The number of alkyl halides is 1. The summed E-state index contributed by atoms with van der Waals surface area (Å²) in [7, 11) is 0. The van der Waals surface area contributed by atoms with Crippen molar-refractivity contribution in [3.8, 4) is 6.07 Å². The lowest BCUT2D eigenvalue weighted by molar-refractivity contribution is -0.136. The number of aliphatic carboxylic acids is 1. The van der Waals surface area contributed by atoms with Gasteiger partial charge in [-0.25, -0.2) is 0 Å². The largest absolute Gasteiger partial charge is 0.481 e. The van der Waals surface area contributed by atoms with Crippen LogP contribution in [0, 0.1) is 11.3 Å². The second-order valence-corrected chi connectivity index (χ2v) is 3.73. The first kappa shape index (κ1) is 11.9. The van der Waals surface area contributed by atoms with Crippen molar-refractivity contribution < 1.29 is 9.90 Å². The minimum atomic E-state index is -0.982. The monoisotopic (exact) mass is 241 g/mol. The maximum atomic E-state index is 10.6. The molecule has 1 rings (SSSR count). The molecule has 0 aliphatic heterocycles. The predicted molar refractivity (Wildman–Crippen MR) is 59.3 cm³/mol. The van der Waals surface area contributed by atoms with Gasteiger partial charge in [0.1, 0.15) is 0 Å². The van der Waals surface area contributed by atoms with Crippen LogP contribution in [0.5, 0.6) is 0 Å². The van der Waals surface area contributed by atoms with E-state index in [1.165, 1.54) is 6.07 Å². The molecular formula is C10H8ClNO2S. The molecule has 0 unspecified atom stereocenters. The average Bonchev–Trinajstić information content (AvgIpc) is 2.19. The number of nitriles is 1. The molecule has 1 aromatic rings. The molecule has 1 aromatic carbocycles. The van der Waals surface area contributed by atoms with Gasteiger partial charge < -0.3 is 5.11 Å². The molecule has 0 saturated carbocycles. The molecule has 0 atom stereocenters. The van der Waals surface area contributed by atoms with E-state index in [2.05, 4.69) is 12.6 Å². The van der Waals surface area contributed by atoms with Gasteiger partial charge in [0.25, 0.3) is 0 Å². The molecule has 0 aromatic heterocycles. The standard InChI is InChI=1S/C10H8ClNO2S/c11-4-6-1-8(15)2-7(5-12)9(6)3-10(13)14/h1-2,15H,3-4H2,(H,13,14). The zero-order chi connectivity index (χ0) is 11.4. The Bertz CT molecular complexity index is 440. The number of hydrogen-bond donors (Lipinski definition) is 2. The minimum Gasteiger partial charge on any atom is -0.481 e. The van der Waals surface area contributed by atoms with E-state index < -0.39 is 5.97 Å². The highest BCUT2D eigenvalue weighted by Crippen LogP contribution is 2.22. The van der Waals surface area contributed by atoms with E-state index in [0.717, 1.165) is 0 Å². The first-order chi connectivity index (χ1) is 7.08. The molecule has 3 nitrogen and oxygen atoms in total. The van der Waals surface area contributed by atoms with Crippen molar-refractivity contribution in [1.29, 1.82) is 5.26 Å². The zero-order valence-corrected chi connectivity index (χ0v) is 9.35. The lowest BCUT2D eigenvalue weighted by Gasteiger charge is -2.08. The molecule has 0 radical (unpaired) electrons. The minimum absolute atomic E-state index is 0.172. The van der Waals surface area contributed by atoms with Gasteiger partial charge in [0.05, 0.1) is 18.1 Å². The number of carbonyl (C=O) groups is 1. The fourth-order valence-corrected chi connectivity index (χ4v) is 1.82. The first-order valence-corrected chi connectivity index (χ1v) is 5.09. The predicted octanol–water partition coefficient (Wildman–Crippen LogP) is 2.21. The Morgan fingerprint density at radius 2 is 2.27 bits per heavy atom. The van der Waals surface area contributed by atoms with E-state index in [-0.39, 0.29) is 12.3 Å². The van der Waals surface area contributed by atoms with E-state index in [1.807, 2.05) is 6.07 Å². The van der Waals surface area contributed by atoms with E-state index in [1.54, 1.807) is 6.07 Å². The van der Waals surface area contributed by atoms with Gasteiger partial charge >= 0.3 is 5.97 Å². The third-order valence-electron chi connectivity index (χ3n) is 1.92. The summed E-state index contributed by atoms with van der Waals surface area (Å²) < 4.78 is 0. The van der Waals surface area contributed by atoms with Crippen LogP contribution in [0.2, 0.25) is 0 Å². The Kier molecular flexibility index (Phi) is 4.01. The summed E-state index contributed by atoms with van der Waals surface area (Å²) in [4.78, 5) is 11.2. The lowest BCUT2D eigenvalue weighted by Crippen LogP contribution is -2.05. The van der Waals surface area contributed by atoms with Crippen LogP contribution in [0.1, 0.15) is 16.7 Å². The molecule has 0 heterocycles. The van der Waals surface area contributed by atoms with Crippen LogP contribution in [0.3, 0.4) is 0 Å². The van der Waals surface area contributed by atoms with Crippen molar-refractivity contribution in [2.45, 2.75) is 17.2 Å². The van der Waals surface area contributed by atoms with Crippen LogP contribution in [0.15, 0.2) is 17.0 Å². The fraction of sp³-hybridized carbons (Fsp3) is 0.200. The molecule has 0 fully saturated rings. The van der Waals surface area contributed by atoms with E-state index >= 15 is 0 Å². The maximum Gasteiger partial charge on any atom is 0.307 e. The van der Waals surface area contributed by atoms with Gasteiger partial charge in [-0.15, -0.1) is 24.2 Å². The molecule has 0 saturated heterocycles. The van der Waals surface area contributed by atoms with Gasteiger partial charge in [-0.3, -0.25) is 4.79 Å². The van der Waals surface area contributed by atoms with Gasteiger partial charge in [-0.2, -0.15) is 5.26 Å². The number of halogens is 1. The zero-order valence-electron chi connectivity index (χ0n) is 7.70. The molecule has 5 heteroatoms. The summed E-state index contributed by atoms with van der Waals surface area (Å²) in [6.07, 6.45) is -0.195. The molecule has 0 bridgehead atoms. The number of carboxylic acid groups (broad SMARTS) is 1. The smallest absolute Gasteiger partial charge is 0.307 e. The summed E-state index contributed by atoms with van der Waals surface area (Å²) in [6, 6.07) is 5.16. The summed E-state index contributed by atoms with van der Waals surface area (Å²) in [5, 5.41) is 17.6. The van der Waals surface area contributed by atoms with Gasteiger partial charge in [-0.1, -0.05) is 0 Å². The summed E-state index contributed by atoms with van der Waals surface area (Å²) >= 11 is 9.79. The molecular weight excluding hydrogens is 234 g/mol. The van der Waals surface area contributed by atoms with Crippen molar-refractivity contribution in [3.63, 3.8) is 0 Å². The molecule has 1 N–H and O–H groups in total. The van der Waals surface area contributed by atoms with Crippen LogP contribution in [0.25, 0.3) is 0 Å². The van der Waals surface area contributed by atoms with Crippen LogP contribution < -0.4 is 0 Å². The highest BCUT2D eigenvalue weighted by atomic mass is 35.5. The van der Waals surface area contributed by atoms with Gasteiger partial charge in [0.2, 0.25) is 0 Å². The number of thiol groups is 1. The van der Waals surface area contributed by atoms with E-state index in [9.17, 15) is 4.79 Å². The fourth-order valence-electron chi connectivity index (χ4n) is 1.29. The first-order valence-electron chi connectivity index (χ1n) is 4.11. The average molecular weight is 242 g/mol. The second-order valence-electron chi connectivity index (χ2n) is 2.95. The Hall–Kier alpha value is -1.18. The van der Waals surface area contributed by atoms with E-state index in [4.69, 9.17) is 22.0 Å². The topological polar surface area (TPSA) is 61.1 Å². The molecule has 78 valence electrons. The molecule has 0 amide bonds.